The molecule has 1 atom stereocenters. The fraction of sp³-hybridized carbons (Fsp3) is 0.400. The van der Waals surface area contributed by atoms with Gasteiger partial charge >= 0.3 is 5.97 Å². The second-order valence-corrected chi connectivity index (χ2v) is 4.58. The van der Waals surface area contributed by atoms with E-state index in [-0.39, 0.29) is 11.9 Å². The number of carbonyl (C=O) groups excluding carboxylic acids is 1. The number of H-pyrrole nitrogens is 1. The van der Waals surface area contributed by atoms with Gasteiger partial charge in [-0.3, -0.25) is 4.79 Å². The summed E-state index contributed by atoms with van der Waals surface area (Å²) in [7, 11) is 0. The van der Waals surface area contributed by atoms with Crippen molar-refractivity contribution < 1.29 is 9.53 Å². The maximum atomic E-state index is 11.7. The van der Waals surface area contributed by atoms with Crippen LogP contribution in [0.3, 0.4) is 0 Å². The standard InChI is InChI=1S/C15H20N2O2/c1-2-19-15(18)11(9-16)7-8-12-10-17-14-6-4-3-5-13(12)14/h3-6,10-11,17H,2,7-9,16H2,1H3/t11-/m1/s1. The molecule has 1 aromatic carbocycles. The predicted octanol–water partition coefficient (Wildman–Crippen LogP) is 2.24. The Kier molecular flexibility index (Phi) is 4.58. The van der Waals surface area contributed by atoms with Crippen LogP contribution in [0, 0.1) is 5.92 Å². The highest BCUT2D eigenvalue weighted by Gasteiger charge is 2.18. The first-order valence-electron chi connectivity index (χ1n) is 6.68. The van der Waals surface area contributed by atoms with Crippen molar-refractivity contribution in [1.29, 1.82) is 0 Å². The number of para-hydroxylation sites is 1. The maximum Gasteiger partial charge on any atom is 0.310 e. The van der Waals surface area contributed by atoms with Crippen molar-refractivity contribution in [2.75, 3.05) is 13.2 Å². The molecule has 0 saturated carbocycles. The highest BCUT2D eigenvalue weighted by molar-refractivity contribution is 5.83. The Morgan fingerprint density at radius 3 is 2.95 bits per heavy atom. The minimum Gasteiger partial charge on any atom is -0.466 e. The molecule has 0 amide bonds. The van der Waals surface area contributed by atoms with E-state index in [4.69, 9.17) is 10.5 Å². The van der Waals surface area contributed by atoms with Crippen molar-refractivity contribution in [3.8, 4) is 0 Å². The lowest BCUT2D eigenvalue weighted by Crippen LogP contribution is -2.26. The predicted molar refractivity (Wildman–Crippen MR) is 75.8 cm³/mol. The number of aryl methyl sites for hydroxylation is 1. The fourth-order valence-electron chi connectivity index (χ4n) is 2.26. The molecule has 1 aromatic heterocycles. The summed E-state index contributed by atoms with van der Waals surface area (Å²) in [5, 5.41) is 1.21. The van der Waals surface area contributed by atoms with Gasteiger partial charge in [0, 0.05) is 23.6 Å². The molecule has 0 aliphatic heterocycles. The van der Waals surface area contributed by atoms with Crippen LogP contribution in [0.15, 0.2) is 30.5 Å². The number of aromatic amines is 1. The Morgan fingerprint density at radius 2 is 2.21 bits per heavy atom. The van der Waals surface area contributed by atoms with Crippen LogP contribution >= 0.6 is 0 Å². The molecule has 2 aromatic rings. The number of hydrogen-bond donors (Lipinski definition) is 2. The van der Waals surface area contributed by atoms with Gasteiger partial charge in [-0.15, -0.1) is 0 Å². The number of benzene rings is 1. The fourth-order valence-corrected chi connectivity index (χ4v) is 2.26. The summed E-state index contributed by atoms with van der Waals surface area (Å²) in [6.45, 7) is 2.55. The molecule has 0 aliphatic rings. The molecule has 3 N–H and O–H groups in total. The van der Waals surface area contributed by atoms with Crippen LogP contribution in [-0.4, -0.2) is 24.1 Å². The third kappa shape index (κ3) is 3.15. The average molecular weight is 260 g/mol. The lowest BCUT2D eigenvalue weighted by molar-refractivity contribution is -0.147. The largest absolute Gasteiger partial charge is 0.466 e. The van der Waals surface area contributed by atoms with E-state index >= 15 is 0 Å². The molecular weight excluding hydrogens is 240 g/mol. The van der Waals surface area contributed by atoms with Crippen molar-refractivity contribution >= 4 is 16.9 Å². The number of hydrogen-bond acceptors (Lipinski definition) is 3. The maximum absolute atomic E-state index is 11.7. The first kappa shape index (κ1) is 13.6. The lowest BCUT2D eigenvalue weighted by atomic mass is 9.99. The van der Waals surface area contributed by atoms with Crippen LogP contribution in [0.5, 0.6) is 0 Å². The smallest absolute Gasteiger partial charge is 0.310 e. The molecule has 0 bridgehead atoms. The molecule has 0 aliphatic carbocycles. The van der Waals surface area contributed by atoms with Crippen molar-refractivity contribution in [3.63, 3.8) is 0 Å². The average Bonchev–Trinajstić information content (AvgIpc) is 2.83. The number of nitrogens with one attached hydrogen (secondary N) is 1. The van der Waals surface area contributed by atoms with E-state index in [2.05, 4.69) is 11.1 Å². The summed E-state index contributed by atoms with van der Waals surface area (Å²) in [6, 6.07) is 8.16. The molecule has 4 heteroatoms. The Balaban J connectivity index is 2.03. The molecule has 2 rings (SSSR count). The second-order valence-electron chi connectivity index (χ2n) is 4.58. The van der Waals surface area contributed by atoms with Crippen LogP contribution in [0.4, 0.5) is 0 Å². The number of esters is 1. The monoisotopic (exact) mass is 260 g/mol. The summed E-state index contributed by atoms with van der Waals surface area (Å²) < 4.78 is 5.03. The van der Waals surface area contributed by atoms with Crippen molar-refractivity contribution in [2.24, 2.45) is 11.7 Å². The number of nitrogens with two attached hydrogens (primary N) is 1. The normalized spacial score (nSPS) is 12.5. The molecule has 0 saturated heterocycles. The highest BCUT2D eigenvalue weighted by atomic mass is 16.5. The molecule has 4 nitrogen and oxygen atoms in total. The highest BCUT2D eigenvalue weighted by Crippen LogP contribution is 2.20. The number of ether oxygens (including phenoxy) is 1. The van der Waals surface area contributed by atoms with Gasteiger partial charge in [-0.1, -0.05) is 18.2 Å². The topological polar surface area (TPSA) is 68.1 Å². The molecule has 0 spiro atoms. The molecule has 19 heavy (non-hydrogen) atoms. The van der Waals surface area contributed by atoms with Gasteiger partial charge < -0.3 is 15.5 Å². The van der Waals surface area contributed by atoms with Crippen molar-refractivity contribution in [3.05, 3.63) is 36.0 Å². The number of rotatable bonds is 6. The third-order valence-electron chi connectivity index (χ3n) is 3.34. The van der Waals surface area contributed by atoms with E-state index in [0.717, 1.165) is 18.4 Å². The van der Waals surface area contributed by atoms with Crippen LogP contribution < -0.4 is 5.73 Å². The van der Waals surface area contributed by atoms with Crippen LogP contribution in [0.2, 0.25) is 0 Å². The molecule has 0 radical (unpaired) electrons. The molecule has 1 heterocycles. The lowest BCUT2D eigenvalue weighted by Gasteiger charge is -2.12. The van der Waals surface area contributed by atoms with Crippen LogP contribution in [-0.2, 0) is 16.0 Å². The zero-order chi connectivity index (χ0) is 13.7. The van der Waals surface area contributed by atoms with Crippen LogP contribution in [0.1, 0.15) is 18.9 Å². The number of carbonyl (C=O) groups is 1. The van der Waals surface area contributed by atoms with Gasteiger partial charge in [0.15, 0.2) is 0 Å². The van der Waals surface area contributed by atoms with E-state index in [0.29, 0.717) is 13.2 Å². The van der Waals surface area contributed by atoms with Gasteiger partial charge in [-0.05, 0) is 31.4 Å². The summed E-state index contributed by atoms with van der Waals surface area (Å²) in [4.78, 5) is 14.9. The zero-order valence-electron chi connectivity index (χ0n) is 11.2. The molecule has 0 fully saturated rings. The van der Waals surface area contributed by atoms with E-state index < -0.39 is 0 Å². The van der Waals surface area contributed by atoms with Gasteiger partial charge in [-0.25, -0.2) is 0 Å². The SMILES string of the molecule is CCOC(=O)[C@@H](CN)CCc1c[nH]c2ccccc12. The van der Waals surface area contributed by atoms with E-state index in [1.54, 1.807) is 0 Å². The first-order chi connectivity index (χ1) is 9.26. The van der Waals surface area contributed by atoms with Crippen LogP contribution in [0.25, 0.3) is 10.9 Å². The Bertz CT molecular complexity index is 548. The number of fused-ring (bicyclic) bond motifs is 1. The van der Waals surface area contributed by atoms with E-state index in [1.165, 1.54) is 10.9 Å². The summed E-state index contributed by atoms with van der Waals surface area (Å²) in [6.07, 6.45) is 3.55. The summed E-state index contributed by atoms with van der Waals surface area (Å²) >= 11 is 0. The molecule has 102 valence electrons. The molecular formula is C15H20N2O2. The van der Waals surface area contributed by atoms with Gasteiger partial charge in [0.2, 0.25) is 0 Å². The molecule has 0 unspecified atom stereocenters. The Labute approximate surface area is 112 Å². The quantitative estimate of drug-likeness (QED) is 0.783. The second kappa shape index (κ2) is 6.38. The summed E-state index contributed by atoms with van der Waals surface area (Å²) in [5.41, 5.74) is 7.99. The number of aromatic nitrogens is 1. The summed E-state index contributed by atoms with van der Waals surface area (Å²) in [5.74, 6) is -0.404. The van der Waals surface area contributed by atoms with Gasteiger partial charge in [0.1, 0.15) is 0 Å². The Hall–Kier alpha value is -1.81. The minimum atomic E-state index is -0.214. The van der Waals surface area contributed by atoms with E-state index in [1.807, 2.05) is 31.3 Å². The van der Waals surface area contributed by atoms with Crippen molar-refractivity contribution in [1.82, 2.24) is 4.98 Å². The Morgan fingerprint density at radius 1 is 1.42 bits per heavy atom. The van der Waals surface area contributed by atoms with E-state index in [9.17, 15) is 4.79 Å². The van der Waals surface area contributed by atoms with Gasteiger partial charge in [-0.2, -0.15) is 0 Å². The van der Waals surface area contributed by atoms with Gasteiger partial charge in [0.25, 0.3) is 0 Å². The van der Waals surface area contributed by atoms with Crippen molar-refractivity contribution in [2.45, 2.75) is 19.8 Å². The first-order valence-corrected chi connectivity index (χ1v) is 6.68. The zero-order valence-corrected chi connectivity index (χ0v) is 11.2. The van der Waals surface area contributed by atoms with Gasteiger partial charge in [0.05, 0.1) is 12.5 Å². The third-order valence-corrected chi connectivity index (χ3v) is 3.34. The minimum absolute atomic E-state index is 0.190.